The Morgan fingerprint density at radius 1 is 1.20 bits per heavy atom. The van der Waals surface area contributed by atoms with Crippen LogP contribution in [0, 0.1) is 11.3 Å². The highest BCUT2D eigenvalue weighted by atomic mass is 35.5. The second-order valence-corrected chi connectivity index (χ2v) is 6.18. The van der Waals surface area contributed by atoms with Crippen LogP contribution in [0.3, 0.4) is 0 Å². The molecule has 0 unspecified atom stereocenters. The van der Waals surface area contributed by atoms with E-state index in [1.807, 2.05) is 6.07 Å². The van der Waals surface area contributed by atoms with Crippen LogP contribution in [0.4, 0.5) is 5.69 Å². The van der Waals surface area contributed by atoms with E-state index in [2.05, 4.69) is 9.71 Å². The second-order valence-electron chi connectivity index (χ2n) is 3.72. The van der Waals surface area contributed by atoms with E-state index in [-0.39, 0.29) is 26.2 Å². The van der Waals surface area contributed by atoms with E-state index in [0.717, 1.165) is 6.20 Å². The normalized spacial score (nSPS) is 10.8. The van der Waals surface area contributed by atoms with Gasteiger partial charge in [0.2, 0.25) is 0 Å². The van der Waals surface area contributed by atoms with Crippen LogP contribution in [0.2, 0.25) is 10.0 Å². The first kappa shape index (κ1) is 14.6. The summed E-state index contributed by atoms with van der Waals surface area (Å²) in [6.45, 7) is 0. The molecule has 8 heteroatoms. The molecule has 0 saturated heterocycles. The molecule has 1 aromatic carbocycles. The quantitative estimate of drug-likeness (QED) is 0.939. The Morgan fingerprint density at radius 3 is 2.60 bits per heavy atom. The monoisotopic (exact) mass is 327 g/mol. The summed E-state index contributed by atoms with van der Waals surface area (Å²) in [7, 11) is -3.88. The molecule has 0 saturated carbocycles. The lowest BCUT2D eigenvalue weighted by Gasteiger charge is -2.09. The van der Waals surface area contributed by atoms with Gasteiger partial charge in [-0.05, 0) is 24.3 Å². The Kier molecular flexibility index (Phi) is 4.14. The Hall–Kier alpha value is -1.81. The number of sulfonamides is 1. The number of nitrogens with one attached hydrogen (secondary N) is 1. The van der Waals surface area contributed by atoms with Crippen LogP contribution >= 0.6 is 23.2 Å². The summed E-state index contributed by atoms with van der Waals surface area (Å²) >= 11 is 11.6. The molecule has 102 valence electrons. The van der Waals surface area contributed by atoms with Crippen molar-refractivity contribution in [3.63, 3.8) is 0 Å². The van der Waals surface area contributed by atoms with Crippen molar-refractivity contribution < 1.29 is 8.42 Å². The van der Waals surface area contributed by atoms with Gasteiger partial charge in [-0.3, -0.25) is 9.71 Å². The van der Waals surface area contributed by atoms with Crippen molar-refractivity contribution in [1.82, 2.24) is 4.98 Å². The Labute approximate surface area is 125 Å². The van der Waals surface area contributed by atoms with E-state index < -0.39 is 10.0 Å². The minimum atomic E-state index is -3.88. The van der Waals surface area contributed by atoms with Gasteiger partial charge in [0.25, 0.3) is 10.0 Å². The van der Waals surface area contributed by atoms with Gasteiger partial charge in [-0.2, -0.15) is 5.26 Å². The maximum atomic E-state index is 12.2. The summed E-state index contributed by atoms with van der Waals surface area (Å²) in [5, 5.41) is 9.16. The van der Waals surface area contributed by atoms with Crippen molar-refractivity contribution in [2.24, 2.45) is 0 Å². The highest BCUT2D eigenvalue weighted by Crippen LogP contribution is 2.24. The fraction of sp³-hybridized carbons (Fsp3) is 0. The zero-order valence-corrected chi connectivity index (χ0v) is 12.2. The van der Waals surface area contributed by atoms with Crippen LogP contribution < -0.4 is 4.72 Å². The summed E-state index contributed by atoms with van der Waals surface area (Å²) in [5.74, 6) is 0. The van der Waals surface area contributed by atoms with Gasteiger partial charge in [-0.1, -0.05) is 23.2 Å². The first-order valence-electron chi connectivity index (χ1n) is 5.26. The van der Waals surface area contributed by atoms with Gasteiger partial charge >= 0.3 is 0 Å². The van der Waals surface area contributed by atoms with Gasteiger partial charge in [0.15, 0.2) is 0 Å². The smallest absolute Gasteiger partial charge is 0.264 e. The standard InChI is InChI=1S/C12H7Cl2N3O2S/c13-10-2-1-9(5-8(10)6-15)17-20(18,19)12-7-16-4-3-11(12)14/h1-5,7,17H. The van der Waals surface area contributed by atoms with Crippen molar-refractivity contribution in [3.8, 4) is 6.07 Å². The number of benzene rings is 1. The molecular weight excluding hydrogens is 321 g/mol. The first-order valence-corrected chi connectivity index (χ1v) is 7.50. The number of aromatic nitrogens is 1. The fourth-order valence-electron chi connectivity index (χ4n) is 1.45. The Balaban J connectivity index is 2.39. The van der Waals surface area contributed by atoms with E-state index in [0.29, 0.717) is 0 Å². The van der Waals surface area contributed by atoms with E-state index in [4.69, 9.17) is 28.5 Å². The van der Waals surface area contributed by atoms with Crippen LogP contribution in [0.15, 0.2) is 41.6 Å². The predicted molar refractivity (Wildman–Crippen MR) is 76.2 cm³/mol. The number of nitrogens with zero attached hydrogens (tertiary/aromatic N) is 2. The number of rotatable bonds is 3. The van der Waals surface area contributed by atoms with Gasteiger partial charge in [0, 0.05) is 12.4 Å². The number of pyridine rings is 1. The average Bonchev–Trinajstić information content (AvgIpc) is 2.41. The van der Waals surface area contributed by atoms with Crippen molar-refractivity contribution in [2.75, 3.05) is 4.72 Å². The van der Waals surface area contributed by atoms with Crippen molar-refractivity contribution >= 4 is 38.9 Å². The molecule has 1 N–H and O–H groups in total. The summed E-state index contributed by atoms with van der Waals surface area (Å²) in [6, 6.07) is 7.46. The predicted octanol–water partition coefficient (Wildman–Crippen LogP) is 3.06. The summed E-state index contributed by atoms with van der Waals surface area (Å²) in [5.41, 5.74) is 0.384. The maximum Gasteiger partial charge on any atom is 0.264 e. The molecule has 1 heterocycles. The molecule has 20 heavy (non-hydrogen) atoms. The topological polar surface area (TPSA) is 82.9 Å². The summed E-state index contributed by atoms with van der Waals surface area (Å²) < 4.78 is 26.6. The molecule has 0 aliphatic carbocycles. The lowest BCUT2D eigenvalue weighted by molar-refractivity contribution is 0.601. The fourth-order valence-corrected chi connectivity index (χ4v) is 3.09. The SMILES string of the molecule is N#Cc1cc(NS(=O)(=O)c2cnccc2Cl)ccc1Cl. The highest BCUT2D eigenvalue weighted by molar-refractivity contribution is 7.92. The van der Waals surface area contributed by atoms with Crippen LogP contribution in [0.25, 0.3) is 0 Å². The summed E-state index contributed by atoms with van der Waals surface area (Å²) in [4.78, 5) is 3.58. The molecule has 2 aromatic rings. The average molecular weight is 328 g/mol. The number of hydrogen-bond donors (Lipinski definition) is 1. The zero-order chi connectivity index (χ0) is 14.8. The number of nitriles is 1. The minimum absolute atomic E-state index is 0.0574. The molecule has 0 aliphatic rings. The van der Waals surface area contributed by atoms with Crippen molar-refractivity contribution in [1.29, 1.82) is 5.26 Å². The molecule has 1 aromatic heterocycles. The minimum Gasteiger partial charge on any atom is -0.279 e. The third kappa shape index (κ3) is 3.02. The van der Waals surface area contributed by atoms with Gasteiger partial charge in [0.05, 0.1) is 21.3 Å². The van der Waals surface area contributed by atoms with Gasteiger partial charge in [-0.25, -0.2) is 8.42 Å². The highest BCUT2D eigenvalue weighted by Gasteiger charge is 2.18. The zero-order valence-electron chi connectivity index (χ0n) is 9.84. The molecule has 0 fully saturated rings. The van der Waals surface area contributed by atoms with Crippen molar-refractivity contribution in [2.45, 2.75) is 4.90 Å². The third-order valence-corrected chi connectivity index (χ3v) is 4.54. The molecule has 5 nitrogen and oxygen atoms in total. The first-order chi connectivity index (χ1) is 9.44. The summed E-state index contributed by atoms with van der Waals surface area (Å²) in [6.07, 6.45) is 2.53. The lowest BCUT2D eigenvalue weighted by Crippen LogP contribution is -2.13. The van der Waals surface area contributed by atoms with Crippen LogP contribution in [0.5, 0.6) is 0 Å². The van der Waals surface area contributed by atoms with E-state index in [9.17, 15) is 8.42 Å². The molecule has 0 spiro atoms. The largest absolute Gasteiger partial charge is 0.279 e. The van der Waals surface area contributed by atoms with Gasteiger partial charge in [-0.15, -0.1) is 0 Å². The van der Waals surface area contributed by atoms with E-state index in [1.165, 1.54) is 30.5 Å². The Morgan fingerprint density at radius 2 is 1.95 bits per heavy atom. The second kappa shape index (κ2) is 5.67. The molecule has 0 radical (unpaired) electrons. The van der Waals surface area contributed by atoms with E-state index >= 15 is 0 Å². The number of anilines is 1. The van der Waals surface area contributed by atoms with E-state index in [1.54, 1.807) is 0 Å². The van der Waals surface area contributed by atoms with Gasteiger partial charge in [0.1, 0.15) is 11.0 Å². The van der Waals surface area contributed by atoms with Crippen LogP contribution in [-0.2, 0) is 10.0 Å². The number of halogens is 2. The molecule has 0 bridgehead atoms. The maximum absolute atomic E-state index is 12.2. The third-order valence-electron chi connectivity index (χ3n) is 2.36. The Bertz CT molecular complexity index is 801. The van der Waals surface area contributed by atoms with Gasteiger partial charge < -0.3 is 0 Å². The molecule has 0 amide bonds. The molecule has 0 aliphatic heterocycles. The molecule has 2 rings (SSSR count). The molecular formula is C12H7Cl2N3O2S. The lowest BCUT2D eigenvalue weighted by atomic mass is 10.2. The van der Waals surface area contributed by atoms with Crippen molar-refractivity contribution in [3.05, 3.63) is 52.3 Å². The molecule has 0 atom stereocenters. The van der Waals surface area contributed by atoms with Crippen LogP contribution in [-0.4, -0.2) is 13.4 Å². The number of hydrogen-bond acceptors (Lipinski definition) is 4. The van der Waals surface area contributed by atoms with Crippen LogP contribution in [0.1, 0.15) is 5.56 Å².